The number of carboxylic acids is 1. The number of carboxylic acid groups (broad SMARTS) is 1. The molecule has 1 aliphatic heterocycles. The van der Waals surface area contributed by atoms with Crippen molar-refractivity contribution in [1.82, 2.24) is 4.90 Å². The zero-order chi connectivity index (χ0) is 13.1. The molecule has 18 heavy (non-hydrogen) atoms. The van der Waals surface area contributed by atoms with Crippen LogP contribution in [0.5, 0.6) is 0 Å². The molecule has 2 fully saturated rings. The van der Waals surface area contributed by atoms with Crippen molar-refractivity contribution in [3.05, 3.63) is 12.7 Å². The minimum Gasteiger partial charge on any atom is -0.481 e. The summed E-state index contributed by atoms with van der Waals surface area (Å²) < 4.78 is 5.04. The Labute approximate surface area is 106 Å². The molecule has 3 atom stereocenters. The monoisotopic (exact) mass is 253 g/mol. The van der Waals surface area contributed by atoms with Gasteiger partial charge in [0.05, 0.1) is 5.92 Å². The molecule has 5 heteroatoms. The van der Waals surface area contributed by atoms with Gasteiger partial charge in [-0.3, -0.25) is 4.79 Å². The minimum absolute atomic E-state index is 0.0390. The lowest BCUT2D eigenvalue weighted by atomic mass is 9.76. The van der Waals surface area contributed by atoms with Gasteiger partial charge in [-0.1, -0.05) is 19.1 Å². The van der Waals surface area contributed by atoms with Crippen LogP contribution in [0.15, 0.2) is 12.7 Å². The van der Waals surface area contributed by atoms with Crippen molar-refractivity contribution in [2.45, 2.75) is 31.7 Å². The van der Waals surface area contributed by atoms with E-state index in [-0.39, 0.29) is 30.6 Å². The number of amides is 1. The highest BCUT2D eigenvalue weighted by Crippen LogP contribution is 2.40. The molecule has 0 spiro atoms. The van der Waals surface area contributed by atoms with Gasteiger partial charge >= 0.3 is 12.1 Å². The Morgan fingerprint density at radius 1 is 1.39 bits per heavy atom. The van der Waals surface area contributed by atoms with Crippen LogP contribution < -0.4 is 0 Å². The van der Waals surface area contributed by atoms with Crippen LogP contribution in [0.4, 0.5) is 4.79 Å². The maximum absolute atomic E-state index is 11.8. The number of ether oxygens (including phenoxy) is 1. The average Bonchev–Trinajstić information content (AvgIpc) is 2.79. The molecule has 1 amide bonds. The topological polar surface area (TPSA) is 66.8 Å². The number of carbonyl (C=O) groups is 2. The van der Waals surface area contributed by atoms with E-state index in [4.69, 9.17) is 4.74 Å². The zero-order valence-corrected chi connectivity index (χ0v) is 10.4. The molecule has 0 radical (unpaired) electrons. The van der Waals surface area contributed by atoms with E-state index >= 15 is 0 Å². The zero-order valence-electron chi connectivity index (χ0n) is 10.4. The number of rotatable bonds is 3. The van der Waals surface area contributed by atoms with E-state index in [2.05, 4.69) is 6.58 Å². The van der Waals surface area contributed by atoms with Gasteiger partial charge in [-0.25, -0.2) is 4.79 Å². The van der Waals surface area contributed by atoms with Crippen molar-refractivity contribution in [3.8, 4) is 0 Å². The summed E-state index contributed by atoms with van der Waals surface area (Å²) in [5.74, 6) is -0.945. The van der Waals surface area contributed by atoms with Crippen LogP contribution in [0.1, 0.15) is 25.7 Å². The summed E-state index contributed by atoms with van der Waals surface area (Å²) in [6.45, 7) is 4.31. The van der Waals surface area contributed by atoms with E-state index in [0.29, 0.717) is 6.54 Å². The summed E-state index contributed by atoms with van der Waals surface area (Å²) in [6.07, 6.45) is 4.44. The van der Waals surface area contributed by atoms with Crippen LogP contribution >= 0.6 is 0 Å². The molecule has 2 aliphatic rings. The lowest BCUT2D eigenvalue weighted by molar-refractivity contribution is -0.145. The number of nitrogens with zero attached hydrogens (tertiary/aromatic N) is 1. The third-order valence-electron chi connectivity index (χ3n) is 4.01. The maximum atomic E-state index is 11.8. The number of fused-ring (bicyclic) bond motifs is 1. The second-order valence-electron chi connectivity index (χ2n) is 4.95. The van der Waals surface area contributed by atoms with Gasteiger partial charge in [-0.15, -0.1) is 0 Å². The molecule has 100 valence electrons. The first-order valence-electron chi connectivity index (χ1n) is 6.42. The quantitative estimate of drug-likeness (QED) is 0.780. The highest BCUT2D eigenvalue weighted by atomic mass is 16.6. The molecule has 0 bridgehead atoms. The molecule has 1 N–H and O–H groups in total. The number of carbonyl (C=O) groups excluding carboxylic acids is 1. The number of aliphatic carboxylic acids is 1. The average molecular weight is 253 g/mol. The lowest BCUT2D eigenvalue weighted by Crippen LogP contribution is -2.43. The molecule has 1 saturated heterocycles. The van der Waals surface area contributed by atoms with Gasteiger partial charge in [-0.2, -0.15) is 0 Å². The number of hydrogen-bond donors (Lipinski definition) is 1. The Hall–Kier alpha value is -1.52. The van der Waals surface area contributed by atoms with Gasteiger partial charge in [0.25, 0.3) is 0 Å². The maximum Gasteiger partial charge on any atom is 0.410 e. The Morgan fingerprint density at radius 3 is 2.83 bits per heavy atom. The molecule has 1 heterocycles. The third kappa shape index (κ3) is 2.35. The Kier molecular flexibility index (Phi) is 3.89. The lowest BCUT2D eigenvalue weighted by Gasteiger charge is -2.34. The first-order valence-corrected chi connectivity index (χ1v) is 6.42. The molecule has 0 aromatic carbocycles. The normalized spacial score (nSPS) is 30.7. The SMILES string of the molecule is C=CCOC(=O)N1CC[C@@H]2[C@H]1CCC[C@H]2C(=O)O. The predicted octanol–water partition coefficient (Wildman–Crippen LogP) is 1.88. The second kappa shape index (κ2) is 5.42. The Bertz CT molecular complexity index is 355. The van der Waals surface area contributed by atoms with Gasteiger partial charge < -0.3 is 14.7 Å². The second-order valence-corrected chi connectivity index (χ2v) is 4.95. The van der Waals surface area contributed by atoms with E-state index in [9.17, 15) is 14.7 Å². The van der Waals surface area contributed by atoms with E-state index in [0.717, 1.165) is 25.7 Å². The first kappa shape index (κ1) is 12.9. The minimum atomic E-state index is -0.731. The van der Waals surface area contributed by atoms with E-state index < -0.39 is 5.97 Å². The van der Waals surface area contributed by atoms with Crippen LogP contribution in [0, 0.1) is 11.8 Å². The fourth-order valence-corrected chi connectivity index (χ4v) is 3.22. The standard InChI is InChI=1S/C13H19NO4/c1-2-8-18-13(17)14-7-6-9-10(12(15)16)4-3-5-11(9)14/h2,9-11H,1,3-8H2,(H,15,16)/t9-,10+,11+/m0/s1. The fraction of sp³-hybridized carbons (Fsp3) is 0.692. The van der Waals surface area contributed by atoms with Gasteiger partial charge in [0.2, 0.25) is 0 Å². The van der Waals surface area contributed by atoms with Gasteiger partial charge in [0.15, 0.2) is 0 Å². The van der Waals surface area contributed by atoms with Crippen LogP contribution in [0.25, 0.3) is 0 Å². The molecule has 1 saturated carbocycles. The van der Waals surface area contributed by atoms with Crippen molar-refractivity contribution in [1.29, 1.82) is 0 Å². The van der Waals surface area contributed by atoms with Crippen molar-refractivity contribution in [2.75, 3.05) is 13.2 Å². The van der Waals surface area contributed by atoms with E-state index in [1.165, 1.54) is 6.08 Å². The fourth-order valence-electron chi connectivity index (χ4n) is 3.22. The molecule has 0 aromatic heterocycles. The molecule has 5 nitrogen and oxygen atoms in total. The highest BCUT2D eigenvalue weighted by Gasteiger charge is 2.46. The third-order valence-corrected chi connectivity index (χ3v) is 4.01. The van der Waals surface area contributed by atoms with Gasteiger partial charge in [0, 0.05) is 12.6 Å². The van der Waals surface area contributed by atoms with Crippen molar-refractivity contribution >= 4 is 12.1 Å². The summed E-state index contributed by atoms with van der Waals surface area (Å²) in [4.78, 5) is 24.7. The first-order chi connectivity index (χ1) is 8.65. The summed E-state index contributed by atoms with van der Waals surface area (Å²) >= 11 is 0. The van der Waals surface area contributed by atoms with Crippen LogP contribution in [-0.2, 0) is 9.53 Å². The largest absolute Gasteiger partial charge is 0.481 e. The van der Waals surface area contributed by atoms with Crippen LogP contribution in [0.2, 0.25) is 0 Å². The van der Waals surface area contributed by atoms with Crippen LogP contribution in [0.3, 0.4) is 0 Å². The number of likely N-dealkylation sites (tertiary alicyclic amines) is 1. The number of hydrogen-bond acceptors (Lipinski definition) is 3. The summed E-state index contributed by atoms with van der Waals surface area (Å²) in [5.41, 5.74) is 0. The smallest absolute Gasteiger partial charge is 0.410 e. The molecular weight excluding hydrogens is 234 g/mol. The molecule has 0 aromatic rings. The summed E-state index contributed by atoms with van der Waals surface area (Å²) in [6, 6.07) is 0.0390. The Morgan fingerprint density at radius 2 is 2.17 bits per heavy atom. The van der Waals surface area contributed by atoms with Crippen LogP contribution in [-0.4, -0.2) is 41.3 Å². The summed E-state index contributed by atoms with van der Waals surface area (Å²) in [5, 5.41) is 9.20. The van der Waals surface area contributed by atoms with E-state index in [1.807, 2.05) is 0 Å². The van der Waals surface area contributed by atoms with E-state index in [1.54, 1.807) is 4.90 Å². The van der Waals surface area contributed by atoms with Gasteiger partial charge in [-0.05, 0) is 25.2 Å². The summed E-state index contributed by atoms with van der Waals surface area (Å²) in [7, 11) is 0. The Balaban J connectivity index is 2.03. The highest BCUT2D eigenvalue weighted by molar-refractivity contribution is 5.72. The molecule has 1 aliphatic carbocycles. The van der Waals surface area contributed by atoms with Crippen molar-refractivity contribution in [2.24, 2.45) is 11.8 Å². The molecule has 0 unspecified atom stereocenters. The molecular formula is C13H19NO4. The van der Waals surface area contributed by atoms with Crippen molar-refractivity contribution < 1.29 is 19.4 Å². The molecule has 2 rings (SSSR count). The van der Waals surface area contributed by atoms with Crippen molar-refractivity contribution in [3.63, 3.8) is 0 Å². The predicted molar refractivity (Wildman–Crippen MR) is 65.1 cm³/mol. The van der Waals surface area contributed by atoms with Gasteiger partial charge in [0.1, 0.15) is 6.61 Å².